The average Bonchev–Trinajstić information content (AvgIpc) is 2.82. The summed E-state index contributed by atoms with van der Waals surface area (Å²) in [5.74, 6) is 0.485. The summed E-state index contributed by atoms with van der Waals surface area (Å²) in [5, 5.41) is 13.6. The molecule has 0 bridgehead atoms. The molecule has 0 aliphatic carbocycles. The fourth-order valence-corrected chi connectivity index (χ4v) is 1.87. The van der Waals surface area contributed by atoms with Gasteiger partial charge < -0.3 is 4.74 Å². The maximum Gasteiger partial charge on any atom is 0.270 e. The number of anilines is 1. The first-order valence-electron chi connectivity index (χ1n) is 5.65. The second-order valence-electron chi connectivity index (χ2n) is 3.81. The minimum Gasteiger partial charge on any atom is -0.496 e. The van der Waals surface area contributed by atoms with Gasteiger partial charge in [-0.25, -0.2) is 0 Å². The second-order valence-corrected chi connectivity index (χ2v) is 4.73. The second kappa shape index (κ2) is 6.29. The molecular weight excluding hydrogens is 326 g/mol. The third-order valence-electron chi connectivity index (χ3n) is 2.35. The van der Waals surface area contributed by atoms with Crippen molar-refractivity contribution in [2.45, 2.75) is 0 Å². The Morgan fingerprint density at radius 1 is 1.50 bits per heavy atom. The van der Waals surface area contributed by atoms with Crippen LogP contribution in [0.25, 0.3) is 6.08 Å². The van der Waals surface area contributed by atoms with Gasteiger partial charge in [0, 0.05) is 16.1 Å². The maximum absolute atomic E-state index is 11.7. The number of nitrogens with zero attached hydrogens (tertiary/aromatic N) is 4. The van der Waals surface area contributed by atoms with Gasteiger partial charge in [0.2, 0.25) is 0 Å². The Labute approximate surface area is 123 Å². The molecule has 0 fully saturated rings. The van der Waals surface area contributed by atoms with Crippen LogP contribution in [0.5, 0.6) is 5.75 Å². The van der Waals surface area contributed by atoms with Crippen LogP contribution in [0.2, 0.25) is 0 Å². The van der Waals surface area contributed by atoms with E-state index in [2.05, 4.69) is 36.7 Å². The molecule has 0 saturated heterocycles. The molecule has 0 unspecified atom stereocenters. The molecule has 7 nitrogen and oxygen atoms in total. The van der Waals surface area contributed by atoms with Gasteiger partial charge in [0.05, 0.1) is 14.2 Å². The molecule has 1 heterocycles. The van der Waals surface area contributed by atoms with Crippen LogP contribution in [0.4, 0.5) is 5.95 Å². The van der Waals surface area contributed by atoms with E-state index in [1.165, 1.54) is 10.9 Å². The Bertz CT molecular complexity index is 653. The summed E-state index contributed by atoms with van der Waals surface area (Å²) in [6, 6.07) is 5.52. The van der Waals surface area contributed by atoms with E-state index in [1.807, 2.05) is 18.2 Å². The molecule has 0 atom stereocenters. The van der Waals surface area contributed by atoms with Crippen LogP contribution < -0.4 is 10.1 Å². The Kier molecular flexibility index (Phi) is 4.46. The number of ether oxygens (including phenoxy) is 1. The number of hydrogen-bond acceptors (Lipinski definition) is 5. The fraction of sp³-hybridized carbons (Fsp3) is 0.167. The fourth-order valence-electron chi connectivity index (χ4n) is 1.49. The van der Waals surface area contributed by atoms with Crippen molar-refractivity contribution in [3.8, 4) is 5.75 Å². The quantitative estimate of drug-likeness (QED) is 0.857. The number of halogens is 1. The summed E-state index contributed by atoms with van der Waals surface area (Å²) in [6.07, 6.45) is 3.02. The Morgan fingerprint density at radius 2 is 2.30 bits per heavy atom. The first-order valence-corrected chi connectivity index (χ1v) is 6.44. The van der Waals surface area contributed by atoms with E-state index in [9.17, 15) is 4.79 Å². The third-order valence-corrected chi connectivity index (χ3v) is 2.84. The van der Waals surface area contributed by atoms with Gasteiger partial charge in [-0.1, -0.05) is 21.0 Å². The van der Waals surface area contributed by atoms with Crippen molar-refractivity contribution in [3.63, 3.8) is 0 Å². The normalized spacial score (nSPS) is 10.8. The van der Waals surface area contributed by atoms with E-state index >= 15 is 0 Å². The molecule has 0 aliphatic heterocycles. The molecular formula is C12H12BrN5O2. The summed E-state index contributed by atoms with van der Waals surface area (Å²) in [5.41, 5.74) is 0.782. The van der Waals surface area contributed by atoms with Crippen LogP contribution in [-0.4, -0.2) is 33.2 Å². The summed E-state index contributed by atoms with van der Waals surface area (Å²) < 4.78 is 6.11. The summed E-state index contributed by atoms with van der Waals surface area (Å²) in [6.45, 7) is 0. The molecule has 104 valence electrons. The third kappa shape index (κ3) is 3.64. The summed E-state index contributed by atoms with van der Waals surface area (Å²) in [4.78, 5) is 13.0. The van der Waals surface area contributed by atoms with Crippen molar-refractivity contribution in [2.75, 3.05) is 12.4 Å². The maximum atomic E-state index is 11.7. The van der Waals surface area contributed by atoms with Crippen molar-refractivity contribution in [1.82, 2.24) is 20.2 Å². The zero-order valence-corrected chi connectivity index (χ0v) is 12.5. The number of rotatable bonds is 4. The first-order chi connectivity index (χ1) is 9.58. The Hall–Kier alpha value is -2.22. The number of amides is 1. The smallest absolute Gasteiger partial charge is 0.270 e. The van der Waals surface area contributed by atoms with Gasteiger partial charge in [-0.3, -0.25) is 10.1 Å². The number of tetrazole rings is 1. The number of carbonyl (C=O) groups excluding carboxylic acids is 1. The number of aromatic nitrogens is 4. The highest BCUT2D eigenvalue weighted by molar-refractivity contribution is 9.10. The molecule has 1 aromatic carbocycles. The minimum atomic E-state index is -0.347. The number of aryl methyl sites for hydroxylation is 1. The molecule has 0 spiro atoms. The lowest BCUT2D eigenvalue weighted by atomic mass is 10.2. The summed E-state index contributed by atoms with van der Waals surface area (Å²) in [7, 11) is 3.19. The van der Waals surface area contributed by atoms with Gasteiger partial charge in [0.25, 0.3) is 11.9 Å². The zero-order valence-electron chi connectivity index (χ0n) is 10.9. The van der Waals surface area contributed by atoms with E-state index in [0.29, 0.717) is 5.75 Å². The van der Waals surface area contributed by atoms with Gasteiger partial charge in [-0.2, -0.15) is 4.80 Å². The molecule has 1 N–H and O–H groups in total. The number of carbonyl (C=O) groups is 1. The van der Waals surface area contributed by atoms with Crippen LogP contribution >= 0.6 is 15.9 Å². The van der Waals surface area contributed by atoms with E-state index in [-0.39, 0.29) is 11.9 Å². The van der Waals surface area contributed by atoms with Crippen LogP contribution in [0.3, 0.4) is 0 Å². The molecule has 0 saturated carbocycles. The average molecular weight is 338 g/mol. The van der Waals surface area contributed by atoms with Crippen LogP contribution in [-0.2, 0) is 11.8 Å². The monoisotopic (exact) mass is 337 g/mol. The topological polar surface area (TPSA) is 81.9 Å². The van der Waals surface area contributed by atoms with Crippen molar-refractivity contribution >= 4 is 33.9 Å². The number of methoxy groups -OCH3 is 1. The molecule has 2 rings (SSSR count). The lowest BCUT2D eigenvalue weighted by Gasteiger charge is -2.04. The zero-order chi connectivity index (χ0) is 14.5. The molecule has 8 heteroatoms. The van der Waals surface area contributed by atoms with E-state index in [4.69, 9.17) is 4.74 Å². The van der Waals surface area contributed by atoms with Crippen molar-refractivity contribution < 1.29 is 9.53 Å². The molecule has 2 aromatic rings. The van der Waals surface area contributed by atoms with Gasteiger partial charge in [-0.15, -0.1) is 5.10 Å². The molecule has 1 amide bonds. The van der Waals surface area contributed by atoms with Crippen LogP contribution in [0.15, 0.2) is 28.7 Å². The highest BCUT2D eigenvalue weighted by Crippen LogP contribution is 2.24. The lowest BCUT2D eigenvalue weighted by Crippen LogP contribution is -2.09. The van der Waals surface area contributed by atoms with Crippen molar-refractivity contribution in [2.24, 2.45) is 7.05 Å². The van der Waals surface area contributed by atoms with Crippen LogP contribution in [0.1, 0.15) is 5.56 Å². The molecule has 20 heavy (non-hydrogen) atoms. The molecule has 1 aromatic heterocycles. The standard InChI is InChI=1S/C12H12BrN5O2/c1-18-16-12(15-17-18)14-11(19)6-3-8-7-9(13)4-5-10(8)20-2/h3-7H,1-2H3,(H,14,16,19). The largest absolute Gasteiger partial charge is 0.496 e. The van der Waals surface area contributed by atoms with Gasteiger partial charge in [0.15, 0.2) is 0 Å². The summed E-state index contributed by atoms with van der Waals surface area (Å²) >= 11 is 3.37. The van der Waals surface area contributed by atoms with E-state index < -0.39 is 0 Å². The predicted molar refractivity (Wildman–Crippen MR) is 77.2 cm³/mol. The lowest BCUT2D eigenvalue weighted by molar-refractivity contribution is -0.111. The predicted octanol–water partition coefficient (Wildman–Crippen LogP) is 1.63. The molecule has 0 radical (unpaired) electrons. The minimum absolute atomic E-state index is 0.156. The highest BCUT2D eigenvalue weighted by Gasteiger charge is 2.04. The highest BCUT2D eigenvalue weighted by atomic mass is 79.9. The van der Waals surface area contributed by atoms with Gasteiger partial charge in [0.1, 0.15) is 5.75 Å². The first kappa shape index (κ1) is 14.2. The number of nitrogens with one attached hydrogen (secondary N) is 1. The van der Waals surface area contributed by atoms with Crippen molar-refractivity contribution in [3.05, 3.63) is 34.3 Å². The van der Waals surface area contributed by atoms with E-state index in [0.717, 1.165) is 10.0 Å². The van der Waals surface area contributed by atoms with Gasteiger partial charge >= 0.3 is 0 Å². The van der Waals surface area contributed by atoms with E-state index in [1.54, 1.807) is 20.2 Å². The molecule has 0 aliphatic rings. The van der Waals surface area contributed by atoms with Crippen LogP contribution in [0, 0.1) is 0 Å². The number of benzene rings is 1. The number of hydrogen-bond donors (Lipinski definition) is 1. The Morgan fingerprint density at radius 3 is 2.95 bits per heavy atom. The van der Waals surface area contributed by atoms with Gasteiger partial charge in [-0.05, 0) is 29.5 Å². The van der Waals surface area contributed by atoms with Crippen molar-refractivity contribution in [1.29, 1.82) is 0 Å². The Balaban J connectivity index is 2.09. The SMILES string of the molecule is COc1ccc(Br)cc1C=CC(=O)Nc1nnn(C)n1.